The smallest absolute Gasteiger partial charge is 0.243 e. The van der Waals surface area contributed by atoms with E-state index in [0.717, 1.165) is 24.5 Å². The summed E-state index contributed by atoms with van der Waals surface area (Å²) in [5.74, 6) is -0.00992. The van der Waals surface area contributed by atoms with Gasteiger partial charge in [0, 0.05) is 46.3 Å². The Balaban J connectivity index is 1.59. The van der Waals surface area contributed by atoms with Gasteiger partial charge in [-0.2, -0.15) is 0 Å². The van der Waals surface area contributed by atoms with E-state index < -0.39 is 0 Å². The van der Waals surface area contributed by atoms with Crippen molar-refractivity contribution in [1.82, 2.24) is 4.57 Å². The minimum atomic E-state index is -0.00992. The quantitative estimate of drug-likeness (QED) is 0.501. The van der Waals surface area contributed by atoms with Crippen molar-refractivity contribution in [3.8, 4) is 0 Å². The summed E-state index contributed by atoms with van der Waals surface area (Å²) in [5.41, 5.74) is 4.31. The van der Waals surface area contributed by atoms with Crippen molar-refractivity contribution < 1.29 is 4.79 Å². The van der Waals surface area contributed by atoms with Crippen molar-refractivity contribution in [2.24, 2.45) is 0 Å². The molecule has 28 heavy (non-hydrogen) atoms. The lowest BCUT2D eigenvalue weighted by atomic mass is 10.1. The fourth-order valence-electron chi connectivity index (χ4n) is 3.87. The first kappa shape index (κ1) is 18.1. The molecule has 1 heterocycles. The van der Waals surface area contributed by atoms with Gasteiger partial charge < -0.3 is 14.8 Å². The highest BCUT2D eigenvalue weighted by molar-refractivity contribution is 6.10. The number of aryl methyl sites for hydroxylation is 1. The molecule has 1 N–H and O–H groups in total. The van der Waals surface area contributed by atoms with E-state index in [4.69, 9.17) is 0 Å². The van der Waals surface area contributed by atoms with Crippen molar-refractivity contribution in [3.05, 3.63) is 72.8 Å². The highest BCUT2D eigenvalue weighted by Gasteiger charge is 2.13. The number of carbonyl (C=O) groups is 1. The van der Waals surface area contributed by atoms with Crippen LogP contribution >= 0.6 is 0 Å². The van der Waals surface area contributed by atoms with Gasteiger partial charge in [0.25, 0.3) is 0 Å². The second-order valence-electron chi connectivity index (χ2n) is 6.89. The van der Waals surface area contributed by atoms with Crippen LogP contribution in [0.15, 0.2) is 72.8 Å². The molecule has 0 saturated heterocycles. The summed E-state index contributed by atoms with van der Waals surface area (Å²) in [6.07, 6.45) is 0. The number of hydrogen-bond donors (Lipinski definition) is 1. The number of amides is 1. The average molecular weight is 371 g/mol. The van der Waals surface area contributed by atoms with Gasteiger partial charge in [-0.05, 0) is 50.2 Å². The largest absolute Gasteiger partial charge is 0.362 e. The zero-order valence-electron chi connectivity index (χ0n) is 16.4. The third kappa shape index (κ3) is 3.33. The summed E-state index contributed by atoms with van der Waals surface area (Å²) < 4.78 is 2.31. The van der Waals surface area contributed by atoms with Crippen LogP contribution in [0.25, 0.3) is 21.8 Å². The number of aromatic nitrogens is 1. The van der Waals surface area contributed by atoms with Crippen molar-refractivity contribution in [2.75, 3.05) is 23.3 Å². The molecule has 4 nitrogen and oxygen atoms in total. The predicted octanol–water partition coefficient (Wildman–Crippen LogP) is 5.28. The highest BCUT2D eigenvalue weighted by Crippen LogP contribution is 2.31. The Labute approximate surface area is 165 Å². The summed E-state index contributed by atoms with van der Waals surface area (Å²) in [4.78, 5) is 14.7. The van der Waals surface area contributed by atoms with E-state index in [1.807, 2.05) is 36.4 Å². The monoisotopic (exact) mass is 371 g/mol. The van der Waals surface area contributed by atoms with Gasteiger partial charge in [0.05, 0.1) is 6.54 Å². The lowest BCUT2D eigenvalue weighted by Crippen LogP contribution is -2.33. The zero-order chi connectivity index (χ0) is 19.5. The third-order valence-corrected chi connectivity index (χ3v) is 5.21. The number of rotatable bonds is 6. The second-order valence-corrected chi connectivity index (χ2v) is 6.89. The van der Waals surface area contributed by atoms with Gasteiger partial charge in [-0.15, -0.1) is 0 Å². The van der Waals surface area contributed by atoms with Crippen molar-refractivity contribution in [2.45, 2.75) is 20.4 Å². The maximum Gasteiger partial charge on any atom is 0.243 e. The van der Waals surface area contributed by atoms with Gasteiger partial charge in [0.15, 0.2) is 0 Å². The Morgan fingerprint density at radius 2 is 1.61 bits per heavy atom. The Hall–Kier alpha value is -3.27. The number of anilines is 2. The molecule has 0 unspecified atom stereocenters. The number of nitrogens with one attached hydrogen (secondary N) is 1. The highest BCUT2D eigenvalue weighted by atomic mass is 16.2. The first-order chi connectivity index (χ1) is 13.7. The Morgan fingerprint density at radius 3 is 2.36 bits per heavy atom. The summed E-state index contributed by atoms with van der Waals surface area (Å²) >= 11 is 0. The topological polar surface area (TPSA) is 37.3 Å². The number of hydrogen-bond acceptors (Lipinski definition) is 2. The number of fused-ring (bicyclic) bond motifs is 3. The maximum absolute atomic E-state index is 12.7. The molecule has 0 fully saturated rings. The normalized spacial score (nSPS) is 11.1. The molecule has 0 spiro atoms. The predicted molar refractivity (Wildman–Crippen MR) is 118 cm³/mol. The molecule has 0 atom stereocenters. The van der Waals surface area contributed by atoms with Crippen LogP contribution in [-0.2, 0) is 11.3 Å². The first-order valence-corrected chi connectivity index (χ1v) is 9.82. The molecule has 0 aliphatic carbocycles. The van der Waals surface area contributed by atoms with E-state index in [2.05, 4.69) is 65.0 Å². The van der Waals surface area contributed by atoms with Crippen LogP contribution in [0.2, 0.25) is 0 Å². The lowest BCUT2D eigenvalue weighted by Gasteiger charge is -2.22. The minimum absolute atomic E-state index is 0.00992. The number of para-hydroxylation sites is 2. The molecule has 0 saturated carbocycles. The van der Waals surface area contributed by atoms with E-state index in [1.54, 1.807) is 0 Å². The molecule has 4 rings (SSSR count). The third-order valence-electron chi connectivity index (χ3n) is 5.21. The zero-order valence-corrected chi connectivity index (χ0v) is 16.4. The van der Waals surface area contributed by atoms with Crippen LogP contribution in [-0.4, -0.2) is 23.6 Å². The summed E-state index contributed by atoms with van der Waals surface area (Å²) in [6, 6.07) is 24.6. The molecule has 3 aromatic carbocycles. The molecule has 4 heteroatoms. The van der Waals surface area contributed by atoms with Gasteiger partial charge in [0.2, 0.25) is 5.91 Å². The Morgan fingerprint density at radius 1 is 0.893 bits per heavy atom. The van der Waals surface area contributed by atoms with Crippen LogP contribution in [0.5, 0.6) is 0 Å². The van der Waals surface area contributed by atoms with Crippen molar-refractivity contribution in [1.29, 1.82) is 0 Å². The van der Waals surface area contributed by atoms with Crippen LogP contribution in [0.3, 0.4) is 0 Å². The minimum Gasteiger partial charge on any atom is -0.362 e. The second kappa shape index (κ2) is 7.77. The number of carbonyl (C=O) groups excluding carboxylic acids is 1. The van der Waals surface area contributed by atoms with Gasteiger partial charge >= 0.3 is 0 Å². The van der Waals surface area contributed by atoms with Gasteiger partial charge in [0.1, 0.15) is 0 Å². The van der Waals surface area contributed by atoms with Gasteiger partial charge in [-0.3, -0.25) is 4.79 Å². The molecule has 0 aliphatic rings. The van der Waals surface area contributed by atoms with Crippen LogP contribution in [0.1, 0.15) is 13.8 Å². The van der Waals surface area contributed by atoms with Crippen LogP contribution < -0.4 is 10.2 Å². The van der Waals surface area contributed by atoms with E-state index in [0.29, 0.717) is 6.54 Å². The molecular weight excluding hydrogens is 346 g/mol. The summed E-state index contributed by atoms with van der Waals surface area (Å²) in [5, 5.41) is 5.46. The first-order valence-electron chi connectivity index (χ1n) is 9.82. The standard InChI is InChI=1S/C24H25N3O/c1-3-26(19-10-6-5-7-11-19)17-24(28)25-18-14-15-23-21(16-18)20-12-8-9-13-22(20)27(23)4-2/h5-16H,3-4,17H2,1-2H3,(H,25,28). The lowest BCUT2D eigenvalue weighted by molar-refractivity contribution is -0.115. The van der Waals surface area contributed by atoms with E-state index in [-0.39, 0.29) is 5.91 Å². The van der Waals surface area contributed by atoms with E-state index >= 15 is 0 Å². The SMILES string of the molecule is CCN(CC(=O)Nc1ccc2c(c1)c1ccccc1n2CC)c1ccccc1. The molecule has 0 radical (unpaired) electrons. The number of benzene rings is 3. The van der Waals surface area contributed by atoms with Crippen molar-refractivity contribution in [3.63, 3.8) is 0 Å². The van der Waals surface area contributed by atoms with E-state index in [9.17, 15) is 4.79 Å². The number of likely N-dealkylation sites (N-methyl/N-ethyl adjacent to an activating group) is 1. The molecule has 142 valence electrons. The molecular formula is C24H25N3O. The van der Waals surface area contributed by atoms with Crippen LogP contribution in [0.4, 0.5) is 11.4 Å². The van der Waals surface area contributed by atoms with Gasteiger partial charge in [-0.25, -0.2) is 0 Å². The molecule has 0 aliphatic heterocycles. The van der Waals surface area contributed by atoms with E-state index in [1.165, 1.54) is 21.8 Å². The fraction of sp³-hybridized carbons (Fsp3) is 0.208. The Kier molecular flexibility index (Phi) is 5.02. The number of nitrogens with zero attached hydrogens (tertiary/aromatic N) is 2. The molecule has 1 aromatic heterocycles. The molecule has 0 bridgehead atoms. The molecule has 4 aromatic rings. The maximum atomic E-state index is 12.7. The average Bonchev–Trinajstić information content (AvgIpc) is 3.05. The summed E-state index contributed by atoms with van der Waals surface area (Å²) in [7, 11) is 0. The Bertz CT molecular complexity index is 1110. The van der Waals surface area contributed by atoms with Gasteiger partial charge in [-0.1, -0.05) is 36.4 Å². The van der Waals surface area contributed by atoms with Crippen molar-refractivity contribution >= 4 is 39.1 Å². The van der Waals surface area contributed by atoms with Crippen LogP contribution in [0, 0.1) is 0 Å². The fourth-order valence-corrected chi connectivity index (χ4v) is 3.87. The molecule has 1 amide bonds. The summed E-state index contributed by atoms with van der Waals surface area (Å²) in [6.45, 7) is 6.24.